The Balaban J connectivity index is 1.16. The number of benzene rings is 2. The molecule has 2 fully saturated rings. The van der Waals surface area contributed by atoms with E-state index in [0.717, 1.165) is 43.7 Å². The quantitative estimate of drug-likeness (QED) is 0.321. The molecule has 1 saturated carbocycles. The first-order chi connectivity index (χ1) is 19.4. The zero-order valence-corrected chi connectivity index (χ0v) is 23.3. The van der Waals surface area contributed by atoms with Gasteiger partial charge in [0.2, 0.25) is 5.91 Å². The normalized spacial score (nSPS) is 21.4. The van der Waals surface area contributed by atoms with Crippen LogP contribution in [0.3, 0.4) is 0 Å². The van der Waals surface area contributed by atoms with Gasteiger partial charge in [-0.2, -0.15) is 0 Å². The number of carbonyl (C=O) groups is 2. The molecule has 2 aromatic carbocycles. The van der Waals surface area contributed by atoms with Crippen molar-refractivity contribution in [3.05, 3.63) is 77.9 Å². The third-order valence-corrected chi connectivity index (χ3v) is 8.02. The summed E-state index contributed by atoms with van der Waals surface area (Å²) in [6.07, 6.45) is 5.97. The van der Waals surface area contributed by atoms with E-state index >= 15 is 0 Å². The molecule has 10 heteroatoms. The number of amides is 2. The maximum Gasteiger partial charge on any atom is 0.251 e. The lowest BCUT2D eigenvalue weighted by Crippen LogP contribution is -2.56. The molecule has 1 aliphatic carbocycles. The Morgan fingerprint density at radius 2 is 1.75 bits per heavy atom. The van der Waals surface area contributed by atoms with Crippen LogP contribution >= 0.6 is 0 Å². The van der Waals surface area contributed by atoms with Crippen molar-refractivity contribution < 1.29 is 14.0 Å². The summed E-state index contributed by atoms with van der Waals surface area (Å²) in [7, 11) is 0. The van der Waals surface area contributed by atoms with Gasteiger partial charge in [0.15, 0.2) is 0 Å². The Morgan fingerprint density at radius 1 is 1.02 bits per heavy atom. The maximum atomic E-state index is 13.6. The van der Waals surface area contributed by atoms with Gasteiger partial charge in [0.1, 0.15) is 11.9 Å². The van der Waals surface area contributed by atoms with Gasteiger partial charge < -0.3 is 21.0 Å². The van der Waals surface area contributed by atoms with E-state index in [0.29, 0.717) is 43.1 Å². The highest BCUT2D eigenvalue weighted by atomic mass is 19.1. The van der Waals surface area contributed by atoms with Gasteiger partial charge >= 0.3 is 0 Å². The Hall–Kier alpha value is -3.47. The molecule has 9 nitrogen and oxygen atoms in total. The molecule has 4 N–H and O–H groups in total. The minimum Gasteiger partial charge on any atom is -0.340 e. The Labute approximate surface area is 235 Å². The minimum atomic E-state index is -0.584. The van der Waals surface area contributed by atoms with Crippen molar-refractivity contribution in [3.63, 3.8) is 0 Å². The Kier molecular flexibility index (Phi) is 8.98. The van der Waals surface area contributed by atoms with Crippen LogP contribution in [0.5, 0.6) is 0 Å². The number of nitrogens with one attached hydrogen (secondary N) is 4. The first-order valence-corrected chi connectivity index (χ1v) is 14.3. The molecule has 2 amide bonds. The number of halogens is 1. The molecule has 214 valence electrons. The summed E-state index contributed by atoms with van der Waals surface area (Å²) < 4.78 is 13.2. The van der Waals surface area contributed by atoms with Gasteiger partial charge in [0.25, 0.3) is 5.91 Å². The van der Waals surface area contributed by atoms with Gasteiger partial charge in [-0.1, -0.05) is 12.1 Å². The van der Waals surface area contributed by atoms with E-state index in [-0.39, 0.29) is 17.6 Å². The van der Waals surface area contributed by atoms with E-state index in [1.165, 1.54) is 12.1 Å². The van der Waals surface area contributed by atoms with Gasteiger partial charge in [0, 0.05) is 62.1 Å². The summed E-state index contributed by atoms with van der Waals surface area (Å²) in [6, 6.07) is 14.2. The van der Waals surface area contributed by atoms with E-state index in [1.54, 1.807) is 23.3 Å². The summed E-state index contributed by atoms with van der Waals surface area (Å²) >= 11 is 0. The standard InChI is InChI=1S/C30H40FN7O2/c1-21(2)36-16-18-37(19-17-36)30(40)27(4-3-13-32-28-20-26(28)22-5-9-24(31)10-6-22)34-29(39)23-7-11-25(12-8-23)38-15-14-33-35-38/h5-12,14-15,21,26-28,32-33,35H,3-4,13,16-20H2,1-2H3,(H,34,39)/t26-,27-,28+/m0/s1. The van der Waals surface area contributed by atoms with Crippen LogP contribution in [-0.4, -0.2) is 72.5 Å². The predicted octanol–water partition coefficient (Wildman–Crippen LogP) is 2.70. The van der Waals surface area contributed by atoms with Crippen molar-refractivity contribution >= 4 is 17.5 Å². The molecule has 0 bridgehead atoms. The number of hydrogen-bond donors (Lipinski definition) is 4. The van der Waals surface area contributed by atoms with E-state index in [9.17, 15) is 14.0 Å². The fraction of sp³-hybridized carbons (Fsp3) is 0.467. The summed E-state index contributed by atoms with van der Waals surface area (Å²) in [4.78, 5) is 31.1. The number of rotatable bonds is 11. The molecular formula is C30H40FN7O2. The van der Waals surface area contributed by atoms with Gasteiger partial charge in [-0.05, 0) is 81.6 Å². The fourth-order valence-corrected chi connectivity index (χ4v) is 5.45. The van der Waals surface area contributed by atoms with E-state index in [4.69, 9.17) is 0 Å². The summed E-state index contributed by atoms with van der Waals surface area (Å²) in [5.74, 6) is -0.0759. The largest absolute Gasteiger partial charge is 0.340 e. The van der Waals surface area contributed by atoms with Crippen molar-refractivity contribution in [1.82, 2.24) is 31.4 Å². The maximum absolute atomic E-state index is 13.6. The molecule has 2 heterocycles. The Bertz CT molecular complexity index is 1180. The van der Waals surface area contributed by atoms with E-state index < -0.39 is 6.04 Å². The van der Waals surface area contributed by atoms with E-state index in [2.05, 4.69) is 40.3 Å². The highest BCUT2D eigenvalue weighted by Crippen LogP contribution is 2.40. The lowest BCUT2D eigenvalue weighted by Gasteiger charge is -2.38. The molecule has 0 unspecified atom stereocenters. The molecule has 0 radical (unpaired) electrons. The zero-order valence-electron chi connectivity index (χ0n) is 23.3. The first-order valence-electron chi connectivity index (χ1n) is 14.3. The predicted molar refractivity (Wildman–Crippen MR) is 154 cm³/mol. The molecule has 2 aromatic rings. The summed E-state index contributed by atoms with van der Waals surface area (Å²) in [5.41, 5.74) is 8.41. The topological polar surface area (TPSA) is 92.0 Å². The second kappa shape index (κ2) is 12.8. The molecule has 1 saturated heterocycles. The molecule has 3 atom stereocenters. The molecule has 3 aliphatic rings. The third-order valence-electron chi connectivity index (χ3n) is 8.02. The van der Waals surface area contributed by atoms with Crippen molar-refractivity contribution in [2.24, 2.45) is 0 Å². The highest BCUT2D eigenvalue weighted by Gasteiger charge is 2.37. The zero-order chi connectivity index (χ0) is 28.1. The molecular weight excluding hydrogens is 509 g/mol. The first kappa shape index (κ1) is 28.1. The van der Waals surface area contributed by atoms with Crippen molar-refractivity contribution in [3.8, 4) is 0 Å². The van der Waals surface area contributed by atoms with Crippen LogP contribution in [0, 0.1) is 5.82 Å². The van der Waals surface area contributed by atoms with Crippen LogP contribution in [0.15, 0.2) is 60.9 Å². The number of anilines is 1. The number of piperazine rings is 1. The third kappa shape index (κ3) is 6.99. The molecule has 0 spiro atoms. The average molecular weight is 550 g/mol. The second-order valence-electron chi connectivity index (χ2n) is 11.1. The average Bonchev–Trinajstić information content (AvgIpc) is 3.53. The SMILES string of the molecule is CC(C)N1CCN(C(=O)[C@H](CCCN[C@@H]2C[C@H]2c2ccc(F)cc2)NC(=O)c2ccc(N3C=CNN3)cc2)CC1. The highest BCUT2D eigenvalue weighted by molar-refractivity contribution is 5.97. The van der Waals surface area contributed by atoms with Crippen molar-refractivity contribution in [2.45, 2.75) is 57.2 Å². The van der Waals surface area contributed by atoms with Crippen molar-refractivity contribution in [1.29, 1.82) is 0 Å². The van der Waals surface area contributed by atoms with Gasteiger partial charge in [-0.15, -0.1) is 5.53 Å². The van der Waals surface area contributed by atoms with Crippen LogP contribution in [0.1, 0.15) is 54.9 Å². The number of hydrazine groups is 2. The smallest absolute Gasteiger partial charge is 0.251 e. The van der Waals surface area contributed by atoms with Crippen LogP contribution in [-0.2, 0) is 4.79 Å². The monoisotopic (exact) mass is 549 g/mol. The van der Waals surface area contributed by atoms with Crippen LogP contribution < -0.4 is 26.6 Å². The summed E-state index contributed by atoms with van der Waals surface area (Å²) in [6.45, 7) is 8.12. The van der Waals surface area contributed by atoms with E-state index in [1.807, 2.05) is 35.4 Å². The molecule has 2 aliphatic heterocycles. The number of hydrogen-bond acceptors (Lipinski definition) is 7. The van der Waals surface area contributed by atoms with Crippen molar-refractivity contribution in [2.75, 3.05) is 37.7 Å². The molecule has 0 aromatic heterocycles. The molecule has 40 heavy (non-hydrogen) atoms. The number of carbonyl (C=O) groups excluding carboxylic acids is 2. The molecule has 5 rings (SSSR count). The number of nitrogens with zero attached hydrogens (tertiary/aromatic N) is 3. The Morgan fingerprint density at radius 3 is 2.40 bits per heavy atom. The lowest BCUT2D eigenvalue weighted by molar-refractivity contribution is -0.135. The summed E-state index contributed by atoms with van der Waals surface area (Å²) in [5, 5.41) is 8.41. The van der Waals surface area contributed by atoms with Gasteiger partial charge in [-0.25, -0.2) is 4.39 Å². The van der Waals surface area contributed by atoms with Crippen LogP contribution in [0.25, 0.3) is 0 Å². The minimum absolute atomic E-state index is 0.0125. The van der Waals surface area contributed by atoms with Crippen LogP contribution in [0.4, 0.5) is 10.1 Å². The fourth-order valence-electron chi connectivity index (χ4n) is 5.45. The van der Waals surface area contributed by atoms with Gasteiger partial charge in [-0.3, -0.25) is 19.5 Å². The van der Waals surface area contributed by atoms with Crippen LogP contribution in [0.2, 0.25) is 0 Å². The second-order valence-corrected chi connectivity index (χ2v) is 11.1. The lowest BCUT2D eigenvalue weighted by atomic mass is 10.1. The van der Waals surface area contributed by atoms with Gasteiger partial charge in [0.05, 0.1) is 5.69 Å².